The Morgan fingerprint density at radius 3 is 2.47 bits per heavy atom. The van der Waals surface area contributed by atoms with Crippen LogP contribution in [0.4, 0.5) is 8.78 Å². The molecule has 1 heterocycles. The third kappa shape index (κ3) is 2.80. The van der Waals surface area contributed by atoms with Crippen molar-refractivity contribution in [2.24, 2.45) is 0 Å². The molecule has 1 aromatic heterocycles. The molecule has 0 spiro atoms. The van der Waals surface area contributed by atoms with Gasteiger partial charge in [0.2, 0.25) is 0 Å². The smallest absolute Gasteiger partial charge is 0.184 e. The molecule has 5 heteroatoms. The highest BCUT2D eigenvalue weighted by atomic mass is 19.1. The first-order valence-electron chi connectivity index (χ1n) is 5.41. The van der Waals surface area contributed by atoms with Crippen molar-refractivity contribution >= 4 is 5.78 Å². The molecule has 1 aromatic carbocycles. The van der Waals surface area contributed by atoms with Gasteiger partial charge in [0.25, 0.3) is 0 Å². The Labute approximate surface area is 108 Å². The molecule has 2 rings (SSSR count). The number of hydrogen-bond donors (Lipinski definition) is 0. The number of nitriles is 1. The fourth-order valence-corrected chi connectivity index (χ4v) is 1.69. The molecule has 0 radical (unpaired) electrons. The molecule has 0 N–H and O–H groups in total. The summed E-state index contributed by atoms with van der Waals surface area (Å²) in [5.74, 6) is -3.50. The second-order valence-corrected chi connectivity index (χ2v) is 3.87. The molecule has 0 saturated heterocycles. The van der Waals surface area contributed by atoms with Gasteiger partial charge in [0.1, 0.15) is 17.6 Å². The molecule has 2 aromatic rings. The molecule has 1 atom stereocenters. The number of ketones is 1. The minimum atomic E-state index is -1.13. The molecule has 1 unspecified atom stereocenters. The molecule has 94 valence electrons. The van der Waals surface area contributed by atoms with Gasteiger partial charge >= 0.3 is 0 Å². The van der Waals surface area contributed by atoms with Crippen LogP contribution in [0.3, 0.4) is 0 Å². The van der Waals surface area contributed by atoms with Gasteiger partial charge in [-0.2, -0.15) is 5.26 Å². The maximum absolute atomic E-state index is 13.1. The highest BCUT2D eigenvalue weighted by Gasteiger charge is 2.22. The van der Waals surface area contributed by atoms with E-state index in [9.17, 15) is 13.6 Å². The fraction of sp³-hybridized carbons (Fsp3) is 0.0714. The number of aromatic nitrogens is 1. The van der Waals surface area contributed by atoms with Gasteiger partial charge in [0.05, 0.1) is 6.07 Å². The van der Waals surface area contributed by atoms with E-state index >= 15 is 0 Å². The van der Waals surface area contributed by atoms with Crippen molar-refractivity contribution in [2.45, 2.75) is 5.92 Å². The van der Waals surface area contributed by atoms with Gasteiger partial charge in [-0.1, -0.05) is 6.07 Å². The van der Waals surface area contributed by atoms with Crippen molar-refractivity contribution in [2.75, 3.05) is 0 Å². The SMILES string of the molecule is N#CC(C(=O)c1cc(F)cc(F)c1)c1cccnc1. The van der Waals surface area contributed by atoms with Crippen LogP contribution in [0.1, 0.15) is 21.8 Å². The number of Topliss-reactive ketones (excluding diaryl/α,β-unsaturated/α-hetero) is 1. The van der Waals surface area contributed by atoms with Crippen LogP contribution in [-0.2, 0) is 0 Å². The zero-order chi connectivity index (χ0) is 13.8. The lowest BCUT2D eigenvalue weighted by molar-refractivity contribution is 0.0978. The molecule has 0 bridgehead atoms. The zero-order valence-electron chi connectivity index (χ0n) is 9.68. The molecule has 0 aliphatic heterocycles. The third-order valence-corrected chi connectivity index (χ3v) is 2.56. The molecule has 0 aliphatic carbocycles. The normalized spacial score (nSPS) is 11.6. The molecule has 19 heavy (non-hydrogen) atoms. The first-order chi connectivity index (χ1) is 9.11. The first-order valence-corrected chi connectivity index (χ1v) is 5.41. The zero-order valence-corrected chi connectivity index (χ0v) is 9.68. The van der Waals surface area contributed by atoms with E-state index < -0.39 is 23.3 Å². The standard InChI is InChI=1S/C14H8F2N2O/c15-11-4-10(5-12(16)6-11)14(19)13(7-17)9-2-1-3-18-8-9/h1-6,8,13H. The Bertz CT molecular complexity index is 630. The lowest BCUT2D eigenvalue weighted by Crippen LogP contribution is -2.12. The number of pyridine rings is 1. The van der Waals surface area contributed by atoms with E-state index in [4.69, 9.17) is 5.26 Å². The predicted molar refractivity (Wildman–Crippen MR) is 63.3 cm³/mol. The van der Waals surface area contributed by atoms with Gasteiger partial charge < -0.3 is 0 Å². The average molecular weight is 258 g/mol. The van der Waals surface area contributed by atoms with Crippen LogP contribution in [0.2, 0.25) is 0 Å². The van der Waals surface area contributed by atoms with Gasteiger partial charge in [-0.25, -0.2) is 8.78 Å². The molecular weight excluding hydrogens is 250 g/mol. The summed E-state index contributed by atoms with van der Waals surface area (Å²) in [4.78, 5) is 15.9. The number of benzene rings is 1. The second kappa shape index (κ2) is 5.36. The summed E-state index contributed by atoms with van der Waals surface area (Å²) in [6.07, 6.45) is 2.88. The minimum Gasteiger partial charge on any atom is -0.292 e. The van der Waals surface area contributed by atoms with Crippen LogP contribution in [0.25, 0.3) is 0 Å². The van der Waals surface area contributed by atoms with Crippen LogP contribution in [0, 0.1) is 23.0 Å². The summed E-state index contributed by atoms with van der Waals surface area (Å²) in [6.45, 7) is 0. The predicted octanol–water partition coefficient (Wildman–Crippen LogP) is 2.85. The van der Waals surface area contributed by atoms with Crippen molar-refractivity contribution in [1.82, 2.24) is 4.98 Å². The highest BCUT2D eigenvalue weighted by Crippen LogP contribution is 2.20. The summed E-state index contributed by atoms with van der Waals surface area (Å²) < 4.78 is 26.1. The van der Waals surface area contributed by atoms with E-state index in [1.807, 2.05) is 6.07 Å². The maximum atomic E-state index is 13.1. The Morgan fingerprint density at radius 1 is 1.26 bits per heavy atom. The molecular formula is C14H8F2N2O. The van der Waals surface area contributed by atoms with E-state index in [1.165, 1.54) is 12.4 Å². The van der Waals surface area contributed by atoms with E-state index in [0.717, 1.165) is 12.1 Å². The van der Waals surface area contributed by atoms with E-state index in [0.29, 0.717) is 11.6 Å². The second-order valence-electron chi connectivity index (χ2n) is 3.87. The van der Waals surface area contributed by atoms with Gasteiger partial charge in [-0.15, -0.1) is 0 Å². The number of carbonyl (C=O) groups is 1. The molecule has 0 aliphatic rings. The Balaban J connectivity index is 2.40. The Morgan fingerprint density at radius 2 is 1.95 bits per heavy atom. The van der Waals surface area contributed by atoms with E-state index in [1.54, 1.807) is 12.1 Å². The van der Waals surface area contributed by atoms with Crippen molar-refractivity contribution in [3.8, 4) is 6.07 Å². The van der Waals surface area contributed by atoms with E-state index in [-0.39, 0.29) is 5.56 Å². The lowest BCUT2D eigenvalue weighted by atomic mass is 9.93. The van der Waals surface area contributed by atoms with Crippen LogP contribution in [-0.4, -0.2) is 10.8 Å². The quantitative estimate of drug-likeness (QED) is 0.795. The van der Waals surface area contributed by atoms with Crippen LogP contribution in [0.5, 0.6) is 0 Å². The van der Waals surface area contributed by atoms with Gasteiger partial charge in [0.15, 0.2) is 5.78 Å². The molecule has 0 fully saturated rings. The maximum Gasteiger partial charge on any atom is 0.184 e. The molecule has 0 saturated carbocycles. The monoisotopic (exact) mass is 258 g/mol. The van der Waals surface area contributed by atoms with Crippen molar-refractivity contribution < 1.29 is 13.6 Å². The van der Waals surface area contributed by atoms with Gasteiger partial charge in [-0.3, -0.25) is 9.78 Å². The van der Waals surface area contributed by atoms with E-state index in [2.05, 4.69) is 4.98 Å². The summed E-state index contributed by atoms with van der Waals surface area (Å²) >= 11 is 0. The minimum absolute atomic E-state index is 0.173. The average Bonchev–Trinajstić information content (AvgIpc) is 2.39. The largest absolute Gasteiger partial charge is 0.292 e. The van der Waals surface area contributed by atoms with Gasteiger partial charge in [-0.05, 0) is 23.8 Å². The Hall–Kier alpha value is -2.61. The third-order valence-electron chi connectivity index (χ3n) is 2.56. The summed E-state index contributed by atoms with van der Waals surface area (Å²) in [5.41, 5.74) is 0.215. The van der Waals surface area contributed by atoms with Crippen molar-refractivity contribution in [3.63, 3.8) is 0 Å². The van der Waals surface area contributed by atoms with Crippen LogP contribution >= 0.6 is 0 Å². The number of carbonyl (C=O) groups excluding carboxylic acids is 1. The van der Waals surface area contributed by atoms with Gasteiger partial charge in [0, 0.05) is 24.0 Å². The highest BCUT2D eigenvalue weighted by molar-refractivity contribution is 6.02. The summed E-state index contributed by atoms with van der Waals surface area (Å²) in [7, 11) is 0. The topological polar surface area (TPSA) is 53.8 Å². The molecule has 0 amide bonds. The number of nitrogens with zero attached hydrogens (tertiary/aromatic N) is 2. The number of rotatable bonds is 3. The van der Waals surface area contributed by atoms with Crippen LogP contribution in [0.15, 0.2) is 42.7 Å². The summed E-state index contributed by atoms with van der Waals surface area (Å²) in [5, 5.41) is 9.06. The fourth-order valence-electron chi connectivity index (χ4n) is 1.69. The Kier molecular flexibility index (Phi) is 3.62. The number of hydrogen-bond acceptors (Lipinski definition) is 3. The first kappa shape index (κ1) is 12.8. The summed E-state index contributed by atoms with van der Waals surface area (Å²) in [6, 6.07) is 7.45. The van der Waals surface area contributed by atoms with Crippen LogP contribution < -0.4 is 0 Å². The van der Waals surface area contributed by atoms with Crippen molar-refractivity contribution in [3.05, 3.63) is 65.5 Å². The van der Waals surface area contributed by atoms with Crippen molar-refractivity contribution in [1.29, 1.82) is 5.26 Å². The number of halogens is 2. The molecule has 3 nitrogen and oxygen atoms in total. The lowest BCUT2D eigenvalue weighted by Gasteiger charge is -2.08.